The average Bonchev–Trinajstić information content (AvgIpc) is 3.19. The Morgan fingerprint density at radius 3 is 2.70 bits per heavy atom. The maximum atomic E-state index is 12.1. The molecule has 1 fully saturated rings. The Kier molecular flexibility index (Phi) is 5.14. The minimum absolute atomic E-state index is 0.0567. The first-order valence-electron chi connectivity index (χ1n) is 6.22. The number of nitrogen functional groups attached to an aromatic ring is 1. The third-order valence-electron chi connectivity index (χ3n) is 2.97. The Morgan fingerprint density at radius 1 is 1.35 bits per heavy atom. The molecule has 0 heterocycles. The van der Waals surface area contributed by atoms with Gasteiger partial charge in [0, 0.05) is 13.2 Å². The highest BCUT2D eigenvalue weighted by Crippen LogP contribution is 2.33. The van der Waals surface area contributed by atoms with Gasteiger partial charge in [-0.25, -0.2) is 13.1 Å². The van der Waals surface area contributed by atoms with Crippen molar-refractivity contribution in [3.8, 4) is 0 Å². The zero-order valence-corrected chi connectivity index (χ0v) is 13.1. The molecule has 0 aliphatic heterocycles. The highest BCUT2D eigenvalue weighted by molar-refractivity contribution is 7.89. The van der Waals surface area contributed by atoms with Crippen molar-refractivity contribution in [3.63, 3.8) is 0 Å². The molecule has 0 bridgehead atoms. The number of nitrogens with one attached hydrogen (secondary N) is 1. The monoisotopic (exact) mass is 338 g/mol. The first-order chi connectivity index (χ1) is 9.42. The molecule has 20 heavy (non-hydrogen) atoms. The Hall–Kier alpha value is -0.530. The van der Waals surface area contributed by atoms with Crippen LogP contribution in [0.3, 0.4) is 0 Å². The standard InChI is InChI=1S/C12H16Cl2N2O3S/c13-9-3-4-10(11(14)12(9)15)20(17,18)16-5-6-19-7-8-1-2-8/h3-4,8,16H,1-2,5-7,15H2. The predicted molar refractivity (Wildman–Crippen MR) is 79.6 cm³/mol. The van der Waals surface area contributed by atoms with Gasteiger partial charge in [-0.05, 0) is 30.9 Å². The van der Waals surface area contributed by atoms with Crippen LogP contribution in [0.15, 0.2) is 17.0 Å². The lowest BCUT2D eigenvalue weighted by Crippen LogP contribution is -2.28. The van der Waals surface area contributed by atoms with E-state index in [2.05, 4.69) is 4.72 Å². The zero-order chi connectivity index (χ0) is 14.8. The van der Waals surface area contributed by atoms with Crippen molar-refractivity contribution < 1.29 is 13.2 Å². The van der Waals surface area contributed by atoms with E-state index in [9.17, 15) is 8.42 Å². The fraction of sp³-hybridized carbons (Fsp3) is 0.500. The second-order valence-electron chi connectivity index (χ2n) is 4.69. The van der Waals surface area contributed by atoms with Crippen molar-refractivity contribution in [1.82, 2.24) is 4.72 Å². The van der Waals surface area contributed by atoms with Crippen molar-refractivity contribution in [2.75, 3.05) is 25.5 Å². The molecule has 1 aromatic carbocycles. The van der Waals surface area contributed by atoms with Crippen LogP contribution < -0.4 is 10.5 Å². The number of sulfonamides is 1. The minimum Gasteiger partial charge on any atom is -0.396 e. The summed E-state index contributed by atoms with van der Waals surface area (Å²) in [7, 11) is -3.72. The van der Waals surface area contributed by atoms with E-state index in [0.717, 1.165) is 0 Å². The van der Waals surface area contributed by atoms with Gasteiger partial charge in [-0.3, -0.25) is 0 Å². The first-order valence-corrected chi connectivity index (χ1v) is 8.46. The number of halogens is 2. The maximum absolute atomic E-state index is 12.1. The first kappa shape index (κ1) is 15.9. The van der Waals surface area contributed by atoms with Crippen LogP contribution in [0.25, 0.3) is 0 Å². The van der Waals surface area contributed by atoms with E-state index in [0.29, 0.717) is 19.1 Å². The van der Waals surface area contributed by atoms with Crippen molar-refractivity contribution in [1.29, 1.82) is 0 Å². The van der Waals surface area contributed by atoms with Crippen molar-refractivity contribution in [2.24, 2.45) is 5.92 Å². The lowest BCUT2D eigenvalue weighted by Gasteiger charge is -2.10. The summed E-state index contributed by atoms with van der Waals surface area (Å²) in [5, 5.41) is 0.158. The van der Waals surface area contributed by atoms with Gasteiger partial charge >= 0.3 is 0 Å². The summed E-state index contributed by atoms with van der Waals surface area (Å²) >= 11 is 11.7. The topological polar surface area (TPSA) is 81.4 Å². The smallest absolute Gasteiger partial charge is 0.242 e. The summed E-state index contributed by atoms with van der Waals surface area (Å²) in [6.45, 7) is 1.21. The molecule has 112 valence electrons. The van der Waals surface area contributed by atoms with Gasteiger partial charge in [0.25, 0.3) is 0 Å². The molecule has 0 atom stereocenters. The molecule has 0 aromatic heterocycles. The van der Waals surface area contributed by atoms with E-state index in [1.807, 2.05) is 0 Å². The van der Waals surface area contributed by atoms with Gasteiger partial charge in [0.05, 0.1) is 22.3 Å². The molecule has 0 amide bonds. The molecule has 5 nitrogen and oxygen atoms in total. The Balaban J connectivity index is 1.93. The second kappa shape index (κ2) is 6.49. The number of ether oxygens (including phenoxy) is 1. The van der Waals surface area contributed by atoms with Crippen LogP contribution in [0.5, 0.6) is 0 Å². The summed E-state index contributed by atoms with van der Waals surface area (Å²) in [6, 6.07) is 2.73. The normalized spacial score (nSPS) is 15.5. The van der Waals surface area contributed by atoms with Crippen LogP contribution in [0, 0.1) is 5.92 Å². The largest absolute Gasteiger partial charge is 0.396 e. The van der Waals surface area contributed by atoms with Gasteiger partial charge in [-0.1, -0.05) is 23.2 Å². The molecular weight excluding hydrogens is 323 g/mol. The molecule has 3 N–H and O–H groups in total. The number of nitrogens with two attached hydrogens (primary N) is 1. The third kappa shape index (κ3) is 3.99. The molecule has 1 aliphatic rings. The summed E-state index contributed by atoms with van der Waals surface area (Å²) in [5.41, 5.74) is 5.67. The third-order valence-corrected chi connectivity index (χ3v) is 5.32. The fourth-order valence-corrected chi connectivity index (χ4v) is 3.39. The molecule has 1 aromatic rings. The highest BCUT2D eigenvalue weighted by atomic mass is 35.5. The zero-order valence-electron chi connectivity index (χ0n) is 10.7. The summed E-state index contributed by atoms with van der Waals surface area (Å²) < 4.78 is 31.9. The van der Waals surface area contributed by atoms with Crippen LogP contribution in [0.1, 0.15) is 12.8 Å². The van der Waals surface area contributed by atoms with Gasteiger partial charge in [0.1, 0.15) is 4.90 Å². The van der Waals surface area contributed by atoms with Crippen LogP contribution in [-0.4, -0.2) is 28.2 Å². The van der Waals surface area contributed by atoms with E-state index >= 15 is 0 Å². The molecule has 0 radical (unpaired) electrons. The van der Waals surface area contributed by atoms with E-state index in [1.165, 1.54) is 25.0 Å². The average molecular weight is 339 g/mol. The van der Waals surface area contributed by atoms with E-state index in [1.54, 1.807) is 0 Å². The highest BCUT2D eigenvalue weighted by Gasteiger charge is 2.22. The Morgan fingerprint density at radius 2 is 2.05 bits per heavy atom. The van der Waals surface area contributed by atoms with Crippen LogP contribution in [0.4, 0.5) is 5.69 Å². The van der Waals surface area contributed by atoms with Gasteiger partial charge in [0.2, 0.25) is 10.0 Å². The van der Waals surface area contributed by atoms with Gasteiger partial charge in [-0.15, -0.1) is 0 Å². The number of hydrogen-bond acceptors (Lipinski definition) is 4. The van der Waals surface area contributed by atoms with E-state index in [-0.39, 0.29) is 27.2 Å². The second-order valence-corrected chi connectivity index (χ2v) is 7.21. The van der Waals surface area contributed by atoms with Gasteiger partial charge in [-0.2, -0.15) is 0 Å². The molecule has 2 rings (SSSR count). The molecular formula is C12H16Cl2N2O3S. The molecule has 0 spiro atoms. The summed E-state index contributed by atoms with van der Waals surface area (Å²) in [5.74, 6) is 0.650. The van der Waals surface area contributed by atoms with Gasteiger partial charge < -0.3 is 10.5 Å². The number of rotatable bonds is 7. The molecule has 0 saturated heterocycles. The molecule has 1 saturated carbocycles. The van der Waals surface area contributed by atoms with E-state index in [4.69, 9.17) is 33.7 Å². The SMILES string of the molecule is Nc1c(Cl)ccc(S(=O)(=O)NCCOCC2CC2)c1Cl. The summed E-state index contributed by atoms with van der Waals surface area (Å²) in [6.07, 6.45) is 2.40. The predicted octanol–water partition coefficient (Wildman–Crippen LogP) is 2.28. The Labute approximate surface area is 128 Å². The fourth-order valence-electron chi connectivity index (χ4n) is 1.62. The Bertz CT molecular complexity index is 589. The number of benzene rings is 1. The van der Waals surface area contributed by atoms with Crippen molar-refractivity contribution in [3.05, 3.63) is 22.2 Å². The molecule has 0 unspecified atom stereocenters. The lowest BCUT2D eigenvalue weighted by atomic mass is 10.3. The summed E-state index contributed by atoms with van der Waals surface area (Å²) in [4.78, 5) is -0.0803. The lowest BCUT2D eigenvalue weighted by molar-refractivity contribution is 0.129. The van der Waals surface area contributed by atoms with Gasteiger partial charge in [0.15, 0.2) is 0 Å². The van der Waals surface area contributed by atoms with Crippen LogP contribution in [-0.2, 0) is 14.8 Å². The maximum Gasteiger partial charge on any atom is 0.242 e. The number of anilines is 1. The van der Waals surface area contributed by atoms with Crippen molar-refractivity contribution >= 4 is 38.9 Å². The molecule has 1 aliphatic carbocycles. The minimum atomic E-state index is -3.72. The van der Waals surface area contributed by atoms with Crippen LogP contribution in [0.2, 0.25) is 10.0 Å². The van der Waals surface area contributed by atoms with Crippen LogP contribution >= 0.6 is 23.2 Å². The molecule has 8 heteroatoms. The van der Waals surface area contributed by atoms with Crippen molar-refractivity contribution in [2.45, 2.75) is 17.7 Å². The van der Waals surface area contributed by atoms with E-state index < -0.39 is 10.0 Å². The number of hydrogen-bond donors (Lipinski definition) is 2. The quantitative estimate of drug-likeness (QED) is 0.590.